The van der Waals surface area contributed by atoms with E-state index in [1.807, 2.05) is 31.2 Å². The Kier molecular flexibility index (Phi) is 1.77. The molecule has 0 saturated carbocycles. The summed E-state index contributed by atoms with van der Waals surface area (Å²) in [6.45, 7) is 1.92. The van der Waals surface area contributed by atoms with Crippen LogP contribution in [-0.4, -0.2) is 5.16 Å². The van der Waals surface area contributed by atoms with Gasteiger partial charge in [0.1, 0.15) is 11.3 Å². The smallest absolute Gasteiger partial charge is 0.229 e. The minimum absolute atomic E-state index is 0.322. The van der Waals surface area contributed by atoms with Crippen LogP contribution in [0.25, 0.3) is 22.1 Å². The van der Waals surface area contributed by atoms with Crippen molar-refractivity contribution in [2.24, 2.45) is 0 Å². The topological polar surface area (TPSA) is 65.2 Å². The third-order valence-electron chi connectivity index (χ3n) is 2.55. The fraction of sp³-hybridized carbons (Fsp3) is 0.0833. The number of hydrogen-bond donors (Lipinski definition) is 1. The largest absolute Gasteiger partial charge is 0.461 e. The molecule has 0 aliphatic carbocycles. The normalized spacial score (nSPS) is 11.1. The maximum Gasteiger partial charge on any atom is 0.229 e. The van der Waals surface area contributed by atoms with Gasteiger partial charge in [0.25, 0.3) is 0 Å². The van der Waals surface area contributed by atoms with Crippen LogP contribution < -0.4 is 5.73 Å². The standard InChI is InChI=1S/C12H10N2O2/c1-7-4-9-3-2-8(5-11(9)15-7)10-6-14-16-12(10)13/h2-6H,13H2,1H3. The van der Waals surface area contributed by atoms with Crippen LogP contribution in [0, 0.1) is 6.92 Å². The Labute approximate surface area is 91.6 Å². The Morgan fingerprint density at radius 1 is 1.25 bits per heavy atom. The molecule has 16 heavy (non-hydrogen) atoms. The molecule has 80 valence electrons. The number of rotatable bonds is 1. The van der Waals surface area contributed by atoms with Gasteiger partial charge in [-0.3, -0.25) is 0 Å². The maximum absolute atomic E-state index is 5.66. The summed E-state index contributed by atoms with van der Waals surface area (Å²) in [5.74, 6) is 1.22. The zero-order valence-corrected chi connectivity index (χ0v) is 8.73. The second kappa shape index (κ2) is 3.13. The Bertz CT molecular complexity index is 652. The zero-order valence-electron chi connectivity index (χ0n) is 8.73. The first kappa shape index (κ1) is 9.03. The van der Waals surface area contributed by atoms with Crippen molar-refractivity contribution in [2.45, 2.75) is 6.92 Å². The second-order valence-corrected chi connectivity index (χ2v) is 3.71. The molecule has 3 rings (SSSR count). The molecule has 2 heterocycles. The lowest BCUT2D eigenvalue weighted by atomic mass is 10.1. The van der Waals surface area contributed by atoms with Crippen molar-refractivity contribution in [2.75, 3.05) is 5.73 Å². The van der Waals surface area contributed by atoms with E-state index in [0.717, 1.165) is 27.9 Å². The fourth-order valence-electron chi connectivity index (χ4n) is 1.80. The summed E-state index contributed by atoms with van der Waals surface area (Å²) in [4.78, 5) is 0. The van der Waals surface area contributed by atoms with E-state index in [1.54, 1.807) is 6.20 Å². The molecule has 2 aromatic heterocycles. The van der Waals surface area contributed by atoms with Crippen LogP contribution in [0.1, 0.15) is 5.76 Å². The molecule has 0 bridgehead atoms. The van der Waals surface area contributed by atoms with E-state index < -0.39 is 0 Å². The third-order valence-corrected chi connectivity index (χ3v) is 2.55. The first-order valence-corrected chi connectivity index (χ1v) is 4.95. The van der Waals surface area contributed by atoms with E-state index in [1.165, 1.54) is 0 Å². The molecular weight excluding hydrogens is 204 g/mol. The highest BCUT2D eigenvalue weighted by molar-refractivity contribution is 5.85. The minimum atomic E-state index is 0.322. The van der Waals surface area contributed by atoms with Crippen LogP contribution in [0.4, 0.5) is 5.88 Å². The summed E-state index contributed by atoms with van der Waals surface area (Å²) < 4.78 is 10.4. The summed E-state index contributed by atoms with van der Waals surface area (Å²) >= 11 is 0. The molecule has 4 heteroatoms. The van der Waals surface area contributed by atoms with Crippen molar-refractivity contribution in [3.63, 3.8) is 0 Å². The van der Waals surface area contributed by atoms with E-state index in [0.29, 0.717) is 5.88 Å². The van der Waals surface area contributed by atoms with Crippen LogP contribution in [0.3, 0.4) is 0 Å². The van der Waals surface area contributed by atoms with E-state index >= 15 is 0 Å². The van der Waals surface area contributed by atoms with E-state index in [2.05, 4.69) is 5.16 Å². The van der Waals surface area contributed by atoms with Crippen molar-refractivity contribution in [3.8, 4) is 11.1 Å². The highest BCUT2D eigenvalue weighted by atomic mass is 16.5. The van der Waals surface area contributed by atoms with E-state index in [-0.39, 0.29) is 0 Å². The predicted octanol–water partition coefficient (Wildman–Crippen LogP) is 2.98. The maximum atomic E-state index is 5.66. The molecule has 0 aliphatic heterocycles. The highest BCUT2D eigenvalue weighted by Gasteiger charge is 2.09. The number of nitrogens with two attached hydrogens (primary N) is 1. The minimum Gasteiger partial charge on any atom is -0.461 e. The van der Waals surface area contributed by atoms with Gasteiger partial charge in [0, 0.05) is 5.39 Å². The number of aromatic nitrogens is 1. The lowest BCUT2D eigenvalue weighted by molar-refractivity contribution is 0.436. The number of nitrogen functional groups attached to an aromatic ring is 1. The SMILES string of the molecule is Cc1cc2ccc(-c3cnoc3N)cc2o1. The van der Waals surface area contributed by atoms with Gasteiger partial charge in [-0.05, 0) is 24.6 Å². The summed E-state index contributed by atoms with van der Waals surface area (Å²) in [7, 11) is 0. The summed E-state index contributed by atoms with van der Waals surface area (Å²) in [6, 6.07) is 7.90. The van der Waals surface area contributed by atoms with Gasteiger partial charge in [-0.2, -0.15) is 0 Å². The zero-order chi connectivity index (χ0) is 11.1. The van der Waals surface area contributed by atoms with Crippen LogP contribution >= 0.6 is 0 Å². The van der Waals surface area contributed by atoms with Crippen molar-refractivity contribution in [3.05, 3.63) is 36.2 Å². The van der Waals surface area contributed by atoms with Gasteiger partial charge in [0.15, 0.2) is 0 Å². The summed E-state index contributed by atoms with van der Waals surface area (Å²) in [5.41, 5.74) is 8.24. The average Bonchev–Trinajstić information content (AvgIpc) is 2.81. The first-order chi connectivity index (χ1) is 7.74. The molecule has 2 N–H and O–H groups in total. The van der Waals surface area contributed by atoms with Crippen molar-refractivity contribution < 1.29 is 8.94 Å². The van der Waals surface area contributed by atoms with Crippen molar-refractivity contribution >= 4 is 16.9 Å². The second-order valence-electron chi connectivity index (χ2n) is 3.71. The van der Waals surface area contributed by atoms with E-state index in [9.17, 15) is 0 Å². The van der Waals surface area contributed by atoms with Gasteiger partial charge in [-0.25, -0.2) is 0 Å². The van der Waals surface area contributed by atoms with Crippen LogP contribution in [0.5, 0.6) is 0 Å². The molecule has 0 radical (unpaired) electrons. The van der Waals surface area contributed by atoms with Crippen molar-refractivity contribution in [1.82, 2.24) is 5.16 Å². The fourth-order valence-corrected chi connectivity index (χ4v) is 1.80. The van der Waals surface area contributed by atoms with Gasteiger partial charge < -0.3 is 14.7 Å². The Morgan fingerprint density at radius 3 is 2.88 bits per heavy atom. The third kappa shape index (κ3) is 1.27. The number of fused-ring (bicyclic) bond motifs is 1. The Morgan fingerprint density at radius 2 is 2.12 bits per heavy atom. The van der Waals surface area contributed by atoms with Crippen LogP contribution in [0.2, 0.25) is 0 Å². The molecule has 0 unspecified atom stereocenters. The molecule has 3 aromatic rings. The van der Waals surface area contributed by atoms with Gasteiger partial charge in [0.05, 0.1) is 11.8 Å². The number of aryl methyl sites for hydroxylation is 1. The number of nitrogens with zero attached hydrogens (tertiary/aromatic N) is 1. The van der Waals surface area contributed by atoms with Gasteiger partial charge >= 0.3 is 0 Å². The summed E-state index contributed by atoms with van der Waals surface area (Å²) in [5, 5.41) is 4.73. The van der Waals surface area contributed by atoms with Gasteiger partial charge in [-0.15, -0.1) is 0 Å². The number of benzene rings is 1. The molecule has 0 spiro atoms. The molecule has 0 saturated heterocycles. The first-order valence-electron chi connectivity index (χ1n) is 4.95. The lowest BCUT2D eigenvalue weighted by Gasteiger charge is -1.97. The van der Waals surface area contributed by atoms with Crippen molar-refractivity contribution in [1.29, 1.82) is 0 Å². The Hall–Kier alpha value is -2.23. The quantitative estimate of drug-likeness (QED) is 0.676. The van der Waals surface area contributed by atoms with E-state index in [4.69, 9.17) is 14.7 Å². The molecule has 1 aromatic carbocycles. The average molecular weight is 214 g/mol. The lowest BCUT2D eigenvalue weighted by Crippen LogP contribution is -1.84. The number of hydrogen-bond acceptors (Lipinski definition) is 4. The summed E-state index contributed by atoms with van der Waals surface area (Å²) in [6.07, 6.45) is 1.60. The molecule has 4 nitrogen and oxygen atoms in total. The Balaban J connectivity index is 2.22. The molecular formula is C12H10N2O2. The van der Waals surface area contributed by atoms with Crippen LogP contribution in [-0.2, 0) is 0 Å². The molecule has 0 aliphatic rings. The number of anilines is 1. The molecule has 0 amide bonds. The van der Waals surface area contributed by atoms with Gasteiger partial charge in [0.2, 0.25) is 5.88 Å². The molecule has 0 atom stereocenters. The van der Waals surface area contributed by atoms with Gasteiger partial charge in [-0.1, -0.05) is 17.3 Å². The molecule has 0 fully saturated rings. The number of furan rings is 1. The highest BCUT2D eigenvalue weighted by Crippen LogP contribution is 2.29. The monoisotopic (exact) mass is 214 g/mol. The van der Waals surface area contributed by atoms with Crippen LogP contribution in [0.15, 0.2) is 39.4 Å². The predicted molar refractivity (Wildman–Crippen MR) is 60.9 cm³/mol.